The first-order valence-corrected chi connectivity index (χ1v) is 10.7. The third-order valence-electron chi connectivity index (χ3n) is 4.98. The van der Waals surface area contributed by atoms with Gasteiger partial charge in [0.1, 0.15) is 5.65 Å². The molecule has 0 bridgehead atoms. The Morgan fingerprint density at radius 3 is 2.44 bits per heavy atom. The number of hydrogen-bond acceptors (Lipinski definition) is 6. The normalized spacial score (nSPS) is 17.9. The minimum Gasteiger partial charge on any atom is -0.478 e. The molecule has 174 valence electrons. The highest BCUT2D eigenvalue weighted by Gasteiger charge is 2.31. The van der Waals surface area contributed by atoms with Crippen LogP contribution in [0.15, 0.2) is 29.0 Å². The van der Waals surface area contributed by atoms with Crippen molar-refractivity contribution in [2.24, 2.45) is 11.7 Å². The van der Waals surface area contributed by atoms with Crippen molar-refractivity contribution >= 4 is 56.2 Å². The van der Waals surface area contributed by atoms with Gasteiger partial charge in [0.25, 0.3) is 0 Å². The fraction of sp³-hybridized carbons (Fsp3) is 0.400. The molecule has 1 saturated carbocycles. The SMILES string of the molecule is N[C@@H]1CCCN(c2c(Br)cnc3[nH]cc(NC(=O)C4CC4)c23)C1.O.O=C(O)/C=C/C(=O)O. The molecule has 2 aromatic heterocycles. The standard InChI is InChI=1S/C16H20BrN5O.C4H4O4.H2O/c17-11-6-19-15-13(14(11)22-5-1-2-10(18)8-22)12(7-20-15)21-16(23)9-3-4-9;5-3(6)1-2-4(7)8;/h6-7,9-10H,1-5,8,18H2,(H,19,20)(H,21,23);1-2H,(H,5,6)(H,7,8);1H2/b;2-1+;/t10-;;/m1../s1. The molecule has 0 spiro atoms. The van der Waals surface area contributed by atoms with Crippen LogP contribution in [0.2, 0.25) is 0 Å². The Hall–Kier alpha value is -2.96. The zero-order valence-corrected chi connectivity index (χ0v) is 18.8. The Kier molecular flexibility index (Phi) is 8.75. The summed E-state index contributed by atoms with van der Waals surface area (Å²) in [6.07, 6.45) is 8.86. The highest BCUT2D eigenvalue weighted by Crippen LogP contribution is 2.39. The van der Waals surface area contributed by atoms with Gasteiger partial charge < -0.3 is 36.6 Å². The van der Waals surface area contributed by atoms with Crippen molar-refractivity contribution in [3.05, 3.63) is 29.0 Å². The number of amides is 1. The van der Waals surface area contributed by atoms with E-state index in [2.05, 4.69) is 36.1 Å². The largest absolute Gasteiger partial charge is 0.478 e. The van der Waals surface area contributed by atoms with E-state index in [1.165, 1.54) is 0 Å². The Labute approximate surface area is 192 Å². The van der Waals surface area contributed by atoms with E-state index in [-0.39, 0.29) is 23.3 Å². The summed E-state index contributed by atoms with van der Waals surface area (Å²) >= 11 is 3.63. The van der Waals surface area contributed by atoms with Crippen LogP contribution in [-0.2, 0) is 14.4 Å². The van der Waals surface area contributed by atoms with Crippen LogP contribution in [0.25, 0.3) is 11.0 Å². The summed E-state index contributed by atoms with van der Waals surface area (Å²) in [5.74, 6) is -2.24. The van der Waals surface area contributed by atoms with Crippen LogP contribution in [0.3, 0.4) is 0 Å². The second kappa shape index (κ2) is 11.1. The van der Waals surface area contributed by atoms with Crippen molar-refractivity contribution in [1.82, 2.24) is 9.97 Å². The molecule has 1 saturated heterocycles. The Bertz CT molecular complexity index is 1000. The summed E-state index contributed by atoms with van der Waals surface area (Å²) in [5.41, 5.74) is 8.81. The number of piperidine rings is 1. The lowest BCUT2D eigenvalue weighted by Gasteiger charge is -2.33. The number of pyridine rings is 1. The number of nitrogens with zero attached hydrogens (tertiary/aromatic N) is 2. The molecule has 2 aromatic rings. The Morgan fingerprint density at radius 2 is 1.88 bits per heavy atom. The molecule has 1 aliphatic carbocycles. The monoisotopic (exact) mass is 511 g/mol. The van der Waals surface area contributed by atoms with E-state index in [4.69, 9.17) is 15.9 Å². The van der Waals surface area contributed by atoms with Gasteiger partial charge in [0.2, 0.25) is 5.91 Å². The maximum absolute atomic E-state index is 12.2. The molecule has 4 rings (SSSR count). The van der Waals surface area contributed by atoms with Crippen molar-refractivity contribution in [3.8, 4) is 0 Å². The number of carboxylic acid groups (broad SMARTS) is 2. The third kappa shape index (κ3) is 6.52. The van der Waals surface area contributed by atoms with E-state index in [9.17, 15) is 14.4 Å². The number of aromatic nitrogens is 2. The van der Waals surface area contributed by atoms with Gasteiger partial charge in [-0.05, 0) is 41.6 Å². The van der Waals surface area contributed by atoms with Gasteiger partial charge in [-0.3, -0.25) is 4.79 Å². The average molecular weight is 512 g/mol. The number of rotatable bonds is 5. The van der Waals surface area contributed by atoms with E-state index in [0.29, 0.717) is 12.2 Å². The molecule has 0 radical (unpaired) electrons. The number of halogens is 1. The molecule has 2 fully saturated rings. The molecule has 8 N–H and O–H groups in total. The van der Waals surface area contributed by atoms with E-state index in [0.717, 1.165) is 65.7 Å². The van der Waals surface area contributed by atoms with Crippen molar-refractivity contribution in [2.75, 3.05) is 23.3 Å². The summed E-state index contributed by atoms with van der Waals surface area (Å²) < 4.78 is 0.931. The van der Waals surface area contributed by atoms with Gasteiger partial charge in [0.05, 0.1) is 21.2 Å². The minimum atomic E-state index is -1.26. The molecule has 1 aliphatic heterocycles. The molecule has 12 heteroatoms. The van der Waals surface area contributed by atoms with Crippen LogP contribution in [0, 0.1) is 5.92 Å². The average Bonchev–Trinajstić information content (AvgIpc) is 3.49. The number of aliphatic carboxylic acids is 2. The van der Waals surface area contributed by atoms with Crippen molar-refractivity contribution in [1.29, 1.82) is 0 Å². The molecular formula is C20H26BrN5O6. The Balaban J connectivity index is 0.000000350. The molecule has 1 amide bonds. The molecule has 2 aliphatic rings. The van der Waals surface area contributed by atoms with Gasteiger partial charge in [0.15, 0.2) is 0 Å². The van der Waals surface area contributed by atoms with E-state index in [1.54, 1.807) is 6.20 Å². The van der Waals surface area contributed by atoms with Crippen LogP contribution < -0.4 is 16.0 Å². The van der Waals surface area contributed by atoms with Gasteiger partial charge in [-0.2, -0.15) is 0 Å². The number of carbonyl (C=O) groups is 3. The van der Waals surface area contributed by atoms with E-state index in [1.807, 2.05) is 6.20 Å². The molecule has 32 heavy (non-hydrogen) atoms. The van der Waals surface area contributed by atoms with Crippen LogP contribution in [0.5, 0.6) is 0 Å². The predicted octanol–water partition coefficient (Wildman–Crippen LogP) is 1.49. The predicted molar refractivity (Wildman–Crippen MR) is 123 cm³/mol. The van der Waals surface area contributed by atoms with Gasteiger partial charge in [-0.25, -0.2) is 14.6 Å². The van der Waals surface area contributed by atoms with Gasteiger partial charge in [-0.1, -0.05) is 0 Å². The van der Waals surface area contributed by atoms with Gasteiger partial charge >= 0.3 is 11.9 Å². The molecule has 3 heterocycles. The highest BCUT2D eigenvalue weighted by atomic mass is 79.9. The molecule has 0 aromatic carbocycles. The number of carbonyl (C=O) groups excluding carboxylic acids is 1. The van der Waals surface area contributed by atoms with Crippen molar-refractivity contribution in [3.63, 3.8) is 0 Å². The molecule has 11 nitrogen and oxygen atoms in total. The van der Waals surface area contributed by atoms with Crippen LogP contribution >= 0.6 is 15.9 Å². The lowest BCUT2D eigenvalue weighted by molar-refractivity contribution is -0.134. The Morgan fingerprint density at radius 1 is 1.22 bits per heavy atom. The fourth-order valence-electron chi connectivity index (χ4n) is 3.40. The van der Waals surface area contributed by atoms with Crippen molar-refractivity contribution < 1.29 is 30.1 Å². The first kappa shape index (κ1) is 25.3. The number of carboxylic acids is 2. The number of hydrogen-bond donors (Lipinski definition) is 5. The van der Waals surface area contributed by atoms with Crippen molar-refractivity contribution in [2.45, 2.75) is 31.7 Å². The number of nitrogens with one attached hydrogen (secondary N) is 2. The number of H-pyrrole nitrogens is 1. The summed E-state index contributed by atoms with van der Waals surface area (Å²) in [6, 6.07) is 0.183. The number of fused-ring (bicyclic) bond motifs is 1. The smallest absolute Gasteiger partial charge is 0.328 e. The second-order valence-corrected chi connectivity index (χ2v) is 8.36. The van der Waals surface area contributed by atoms with Crippen LogP contribution in [-0.4, -0.2) is 62.6 Å². The summed E-state index contributed by atoms with van der Waals surface area (Å²) in [6.45, 7) is 1.78. The first-order valence-electron chi connectivity index (χ1n) is 9.87. The second-order valence-electron chi connectivity index (χ2n) is 7.50. The molecular weight excluding hydrogens is 486 g/mol. The summed E-state index contributed by atoms with van der Waals surface area (Å²) in [7, 11) is 0. The number of nitrogens with two attached hydrogens (primary N) is 1. The first-order chi connectivity index (χ1) is 14.8. The fourth-order valence-corrected chi connectivity index (χ4v) is 3.95. The van der Waals surface area contributed by atoms with Gasteiger partial charge in [0, 0.05) is 49.6 Å². The van der Waals surface area contributed by atoms with E-state index < -0.39 is 11.9 Å². The van der Waals surface area contributed by atoms with Crippen LogP contribution in [0.4, 0.5) is 11.4 Å². The quantitative estimate of drug-likeness (QED) is 0.372. The highest BCUT2D eigenvalue weighted by molar-refractivity contribution is 9.10. The lowest BCUT2D eigenvalue weighted by Crippen LogP contribution is -2.43. The third-order valence-corrected chi connectivity index (χ3v) is 5.56. The van der Waals surface area contributed by atoms with Gasteiger partial charge in [-0.15, -0.1) is 0 Å². The van der Waals surface area contributed by atoms with Crippen LogP contribution in [0.1, 0.15) is 25.7 Å². The molecule has 1 atom stereocenters. The molecule has 0 unspecified atom stereocenters. The minimum absolute atomic E-state index is 0. The maximum Gasteiger partial charge on any atom is 0.328 e. The number of anilines is 2. The summed E-state index contributed by atoms with van der Waals surface area (Å²) in [5, 5.41) is 19.6. The topological polar surface area (TPSA) is 193 Å². The lowest BCUT2D eigenvalue weighted by atomic mass is 10.1. The summed E-state index contributed by atoms with van der Waals surface area (Å²) in [4.78, 5) is 41.2. The maximum atomic E-state index is 12.2. The zero-order chi connectivity index (χ0) is 22.5. The zero-order valence-electron chi connectivity index (χ0n) is 17.2. The number of aromatic amines is 1. The van der Waals surface area contributed by atoms with E-state index >= 15 is 0 Å².